The van der Waals surface area contributed by atoms with Gasteiger partial charge in [0.1, 0.15) is 6.10 Å². The topological polar surface area (TPSA) is 56.3 Å². The van der Waals surface area contributed by atoms with Crippen molar-refractivity contribution in [3.05, 3.63) is 11.8 Å². The summed E-state index contributed by atoms with van der Waals surface area (Å²) in [5.74, 6) is 0.585. The highest BCUT2D eigenvalue weighted by atomic mass is 16.5. The number of aromatic nitrogens is 2. The first-order chi connectivity index (χ1) is 9.22. The molecule has 1 heterocycles. The molecule has 106 valence electrons. The van der Waals surface area contributed by atoms with Gasteiger partial charge in [0.25, 0.3) is 0 Å². The third-order valence-electron chi connectivity index (χ3n) is 3.43. The Labute approximate surface area is 114 Å². The molecule has 5 nitrogen and oxygen atoms in total. The first-order valence-corrected chi connectivity index (χ1v) is 7.05. The van der Waals surface area contributed by atoms with Crippen molar-refractivity contribution < 1.29 is 9.47 Å². The summed E-state index contributed by atoms with van der Waals surface area (Å²) in [6, 6.07) is 2.64. The van der Waals surface area contributed by atoms with E-state index in [0.717, 1.165) is 18.5 Å². The zero-order chi connectivity index (χ0) is 13.7. The fourth-order valence-electron chi connectivity index (χ4n) is 2.49. The largest absolute Gasteiger partial charge is 0.478 e. The monoisotopic (exact) mass is 265 g/mol. The molecule has 1 N–H and O–H groups in total. The molecule has 1 aliphatic rings. The van der Waals surface area contributed by atoms with Crippen molar-refractivity contribution in [2.75, 3.05) is 13.7 Å². The molecular formula is C14H23N3O2. The first-order valence-electron chi connectivity index (χ1n) is 7.05. The lowest BCUT2D eigenvalue weighted by Crippen LogP contribution is -2.43. The van der Waals surface area contributed by atoms with Gasteiger partial charge in [-0.3, -0.25) is 0 Å². The molecule has 1 aromatic rings. The molecule has 5 heteroatoms. The normalized spacial score (nSPS) is 23.1. The van der Waals surface area contributed by atoms with Gasteiger partial charge in [0.2, 0.25) is 5.88 Å². The molecule has 1 saturated carbocycles. The molecule has 1 aromatic heterocycles. The Kier molecular flexibility index (Phi) is 4.96. The van der Waals surface area contributed by atoms with Gasteiger partial charge in [0.15, 0.2) is 0 Å². The number of aryl methyl sites for hydroxylation is 1. The number of nitrogens with zero attached hydrogens (tertiary/aromatic N) is 2. The Morgan fingerprint density at radius 3 is 2.84 bits per heavy atom. The summed E-state index contributed by atoms with van der Waals surface area (Å²) in [6.07, 6.45) is 4.80. The third kappa shape index (κ3) is 3.80. The van der Waals surface area contributed by atoms with Gasteiger partial charge in [-0.2, -0.15) is 4.98 Å². The number of ether oxygens (including phenoxy) is 2. The van der Waals surface area contributed by atoms with E-state index in [1.165, 1.54) is 12.8 Å². The van der Waals surface area contributed by atoms with Crippen LogP contribution in [0.4, 0.5) is 0 Å². The standard InChI is InChI=1S/C14H23N3O2/c1-4-18-13-9-10(2)16-14(17-13)19-12-8-6-5-7-11(12)15-3/h9,11-12,15H,4-8H2,1-3H3. The lowest BCUT2D eigenvalue weighted by molar-refractivity contribution is 0.106. The van der Waals surface area contributed by atoms with Crippen molar-refractivity contribution in [2.24, 2.45) is 0 Å². The van der Waals surface area contributed by atoms with Crippen LogP contribution in [0.25, 0.3) is 0 Å². The molecule has 0 bridgehead atoms. The molecular weight excluding hydrogens is 242 g/mol. The molecule has 2 unspecified atom stereocenters. The second kappa shape index (κ2) is 6.70. The van der Waals surface area contributed by atoms with E-state index in [1.54, 1.807) is 0 Å². The predicted molar refractivity (Wildman–Crippen MR) is 73.7 cm³/mol. The van der Waals surface area contributed by atoms with Gasteiger partial charge in [-0.15, -0.1) is 0 Å². The molecule has 1 fully saturated rings. The summed E-state index contributed by atoms with van der Waals surface area (Å²) in [4.78, 5) is 8.64. The van der Waals surface area contributed by atoms with Crippen LogP contribution in [0.2, 0.25) is 0 Å². The molecule has 0 aliphatic heterocycles. The maximum absolute atomic E-state index is 5.96. The summed E-state index contributed by atoms with van der Waals surface area (Å²) in [7, 11) is 1.98. The maximum atomic E-state index is 5.96. The van der Waals surface area contributed by atoms with Crippen molar-refractivity contribution in [1.82, 2.24) is 15.3 Å². The average molecular weight is 265 g/mol. The Hall–Kier alpha value is -1.36. The van der Waals surface area contributed by atoms with Crippen molar-refractivity contribution >= 4 is 0 Å². The average Bonchev–Trinajstić information content (AvgIpc) is 2.39. The molecule has 0 radical (unpaired) electrons. The second-order valence-corrected chi connectivity index (χ2v) is 4.90. The van der Waals surface area contributed by atoms with E-state index in [-0.39, 0.29) is 6.10 Å². The summed E-state index contributed by atoms with van der Waals surface area (Å²) in [5, 5.41) is 3.32. The minimum absolute atomic E-state index is 0.148. The van der Waals surface area contributed by atoms with E-state index in [0.29, 0.717) is 24.5 Å². The third-order valence-corrected chi connectivity index (χ3v) is 3.43. The van der Waals surface area contributed by atoms with Crippen LogP contribution in [-0.2, 0) is 0 Å². The van der Waals surface area contributed by atoms with Crippen LogP contribution in [0.15, 0.2) is 6.07 Å². The number of hydrogen-bond donors (Lipinski definition) is 1. The Morgan fingerprint density at radius 1 is 1.32 bits per heavy atom. The van der Waals surface area contributed by atoms with Crippen molar-refractivity contribution in [3.63, 3.8) is 0 Å². The smallest absolute Gasteiger partial charge is 0.320 e. The summed E-state index contributed by atoms with van der Waals surface area (Å²) < 4.78 is 11.4. The molecule has 2 rings (SSSR count). The van der Waals surface area contributed by atoms with E-state index in [4.69, 9.17) is 9.47 Å². The highest BCUT2D eigenvalue weighted by Crippen LogP contribution is 2.23. The lowest BCUT2D eigenvalue weighted by Gasteiger charge is -2.30. The summed E-state index contributed by atoms with van der Waals surface area (Å²) in [6.45, 7) is 4.46. The number of nitrogens with one attached hydrogen (secondary N) is 1. The van der Waals surface area contributed by atoms with Crippen LogP contribution in [0, 0.1) is 6.92 Å². The Balaban J connectivity index is 2.08. The van der Waals surface area contributed by atoms with Gasteiger partial charge in [-0.1, -0.05) is 6.42 Å². The SMILES string of the molecule is CCOc1cc(C)nc(OC2CCCCC2NC)n1. The maximum Gasteiger partial charge on any atom is 0.320 e. The van der Waals surface area contributed by atoms with Gasteiger partial charge >= 0.3 is 6.01 Å². The molecule has 0 saturated heterocycles. The number of likely N-dealkylation sites (N-methyl/N-ethyl adjacent to an activating group) is 1. The van der Waals surface area contributed by atoms with E-state index >= 15 is 0 Å². The van der Waals surface area contributed by atoms with Gasteiger partial charge < -0.3 is 14.8 Å². The van der Waals surface area contributed by atoms with Crippen molar-refractivity contribution in [2.45, 2.75) is 51.7 Å². The van der Waals surface area contributed by atoms with Crippen molar-refractivity contribution in [3.8, 4) is 11.9 Å². The number of hydrogen-bond acceptors (Lipinski definition) is 5. The van der Waals surface area contributed by atoms with Crippen LogP contribution in [0.1, 0.15) is 38.3 Å². The lowest BCUT2D eigenvalue weighted by atomic mass is 9.92. The van der Waals surface area contributed by atoms with Gasteiger partial charge in [0.05, 0.1) is 6.61 Å². The van der Waals surface area contributed by atoms with Crippen LogP contribution in [0.3, 0.4) is 0 Å². The van der Waals surface area contributed by atoms with E-state index in [1.807, 2.05) is 27.0 Å². The van der Waals surface area contributed by atoms with E-state index < -0.39 is 0 Å². The van der Waals surface area contributed by atoms with Gasteiger partial charge in [0, 0.05) is 17.8 Å². The Bertz CT molecular complexity index is 412. The Morgan fingerprint density at radius 2 is 2.11 bits per heavy atom. The molecule has 0 spiro atoms. The molecule has 19 heavy (non-hydrogen) atoms. The number of rotatable bonds is 5. The zero-order valence-electron chi connectivity index (χ0n) is 12.0. The molecule has 0 aromatic carbocycles. The summed E-state index contributed by atoms with van der Waals surface area (Å²) in [5.41, 5.74) is 0.866. The predicted octanol–water partition coefficient (Wildman–Crippen LogP) is 2.09. The van der Waals surface area contributed by atoms with E-state index in [2.05, 4.69) is 15.3 Å². The first kappa shape index (κ1) is 14.1. The van der Waals surface area contributed by atoms with Crippen LogP contribution in [-0.4, -0.2) is 35.8 Å². The van der Waals surface area contributed by atoms with Crippen LogP contribution in [0.5, 0.6) is 11.9 Å². The van der Waals surface area contributed by atoms with Crippen LogP contribution < -0.4 is 14.8 Å². The fraction of sp³-hybridized carbons (Fsp3) is 0.714. The van der Waals surface area contributed by atoms with E-state index in [9.17, 15) is 0 Å². The molecule has 0 amide bonds. The highest BCUT2D eigenvalue weighted by molar-refractivity contribution is 5.17. The molecule has 2 atom stereocenters. The minimum Gasteiger partial charge on any atom is -0.478 e. The minimum atomic E-state index is 0.148. The quantitative estimate of drug-likeness (QED) is 0.883. The molecule has 1 aliphatic carbocycles. The van der Waals surface area contributed by atoms with Gasteiger partial charge in [-0.25, -0.2) is 4.98 Å². The van der Waals surface area contributed by atoms with Gasteiger partial charge in [-0.05, 0) is 40.2 Å². The van der Waals surface area contributed by atoms with Crippen molar-refractivity contribution in [1.29, 1.82) is 0 Å². The highest BCUT2D eigenvalue weighted by Gasteiger charge is 2.26. The fourth-order valence-corrected chi connectivity index (χ4v) is 2.49. The zero-order valence-corrected chi connectivity index (χ0v) is 12.0. The second-order valence-electron chi connectivity index (χ2n) is 4.90. The summed E-state index contributed by atoms with van der Waals surface area (Å²) >= 11 is 0. The van der Waals surface area contributed by atoms with Crippen LogP contribution >= 0.6 is 0 Å².